The number of amides is 2. The van der Waals surface area contributed by atoms with Crippen LogP contribution in [0, 0.1) is 12.7 Å². The summed E-state index contributed by atoms with van der Waals surface area (Å²) >= 11 is 0. The van der Waals surface area contributed by atoms with Crippen LogP contribution < -0.4 is 10.2 Å². The summed E-state index contributed by atoms with van der Waals surface area (Å²) in [6.07, 6.45) is -4.76. The molecule has 1 heterocycles. The highest BCUT2D eigenvalue weighted by Gasteiger charge is 2.51. The topological polar surface area (TPSA) is 69.6 Å². The molecule has 1 atom stereocenters. The van der Waals surface area contributed by atoms with Crippen molar-refractivity contribution in [2.24, 2.45) is 0 Å². The van der Waals surface area contributed by atoms with Crippen molar-refractivity contribution in [1.82, 2.24) is 5.32 Å². The fourth-order valence-corrected chi connectivity index (χ4v) is 3.16. The van der Waals surface area contributed by atoms with E-state index in [1.807, 2.05) is 0 Å². The summed E-state index contributed by atoms with van der Waals surface area (Å²) in [6, 6.07) is 8.50. The molecule has 0 radical (unpaired) electrons. The molecule has 1 fully saturated rings. The minimum Gasteiger partial charge on any atom is -0.372 e. The fourth-order valence-electron chi connectivity index (χ4n) is 3.16. The van der Waals surface area contributed by atoms with Crippen LogP contribution in [0.15, 0.2) is 42.5 Å². The first-order valence-electron chi connectivity index (χ1n) is 8.78. The molecule has 0 bridgehead atoms. The number of carbonyl (C=O) groups excluding carboxylic acids is 2. The number of carbonyl (C=O) groups is 2. The van der Waals surface area contributed by atoms with E-state index in [4.69, 9.17) is 0 Å². The van der Waals surface area contributed by atoms with E-state index in [9.17, 15) is 32.3 Å². The maximum absolute atomic E-state index is 14.0. The van der Waals surface area contributed by atoms with Crippen LogP contribution >= 0.6 is 0 Å². The van der Waals surface area contributed by atoms with E-state index in [1.165, 1.54) is 6.07 Å². The summed E-state index contributed by atoms with van der Waals surface area (Å²) in [5.41, 5.74) is -2.52. The Morgan fingerprint density at radius 2 is 1.86 bits per heavy atom. The molecule has 0 aromatic heterocycles. The lowest BCUT2D eigenvalue weighted by Gasteiger charge is -2.22. The van der Waals surface area contributed by atoms with Crippen LogP contribution in [0.25, 0.3) is 0 Å². The second-order valence-electron chi connectivity index (χ2n) is 6.84. The molecule has 0 saturated carbocycles. The molecular weight excluding hydrogens is 392 g/mol. The van der Waals surface area contributed by atoms with E-state index >= 15 is 0 Å². The Morgan fingerprint density at radius 1 is 1.21 bits per heavy atom. The summed E-state index contributed by atoms with van der Waals surface area (Å²) in [5.74, 6) is -2.43. The van der Waals surface area contributed by atoms with Crippen molar-refractivity contribution in [2.45, 2.75) is 31.7 Å². The number of anilines is 1. The van der Waals surface area contributed by atoms with Gasteiger partial charge in [-0.05, 0) is 36.8 Å². The molecule has 9 heteroatoms. The van der Waals surface area contributed by atoms with Gasteiger partial charge in [0.1, 0.15) is 5.82 Å². The average Bonchev–Trinajstić information content (AvgIpc) is 2.98. The number of aryl methyl sites for hydroxylation is 1. The van der Waals surface area contributed by atoms with Crippen molar-refractivity contribution in [1.29, 1.82) is 0 Å². The van der Waals surface area contributed by atoms with Gasteiger partial charge in [-0.2, -0.15) is 13.2 Å². The predicted octanol–water partition coefficient (Wildman–Crippen LogP) is 2.94. The van der Waals surface area contributed by atoms with Gasteiger partial charge in [0, 0.05) is 30.8 Å². The number of aliphatic hydroxyl groups is 1. The second kappa shape index (κ2) is 7.47. The van der Waals surface area contributed by atoms with E-state index < -0.39 is 35.0 Å². The van der Waals surface area contributed by atoms with Gasteiger partial charge in [-0.1, -0.05) is 18.2 Å². The van der Waals surface area contributed by atoms with E-state index in [0.29, 0.717) is 5.56 Å². The number of rotatable bonds is 4. The third-order valence-corrected chi connectivity index (χ3v) is 4.89. The summed E-state index contributed by atoms with van der Waals surface area (Å²) < 4.78 is 52.1. The molecule has 154 valence electrons. The fraction of sp³-hybridized carbons (Fsp3) is 0.300. The van der Waals surface area contributed by atoms with Crippen LogP contribution in [0.4, 0.5) is 23.2 Å². The third kappa shape index (κ3) is 3.95. The SMILES string of the molecule is Cc1cccc(CNC(=O)[C@]2(O)CCN(c3ccc(C(F)(F)F)cc3)C2=O)c1F. The molecule has 2 amide bonds. The van der Waals surface area contributed by atoms with Gasteiger partial charge in [0.05, 0.1) is 5.56 Å². The third-order valence-electron chi connectivity index (χ3n) is 4.89. The number of alkyl halides is 3. The summed E-state index contributed by atoms with van der Waals surface area (Å²) in [5, 5.41) is 12.9. The highest BCUT2D eigenvalue weighted by molar-refractivity contribution is 6.16. The summed E-state index contributed by atoms with van der Waals surface area (Å²) in [4.78, 5) is 26.1. The van der Waals surface area contributed by atoms with Gasteiger partial charge < -0.3 is 15.3 Å². The molecule has 1 aliphatic rings. The molecule has 2 N–H and O–H groups in total. The van der Waals surface area contributed by atoms with Crippen LogP contribution in [-0.4, -0.2) is 29.1 Å². The van der Waals surface area contributed by atoms with Gasteiger partial charge in [-0.3, -0.25) is 9.59 Å². The van der Waals surface area contributed by atoms with Crippen LogP contribution in [0.2, 0.25) is 0 Å². The van der Waals surface area contributed by atoms with Crippen LogP contribution in [-0.2, 0) is 22.3 Å². The number of hydrogen-bond donors (Lipinski definition) is 2. The first-order chi connectivity index (χ1) is 13.5. The zero-order chi connectivity index (χ0) is 21.4. The largest absolute Gasteiger partial charge is 0.416 e. The normalized spacial score (nSPS) is 19.5. The molecule has 5 nitrogen and oxygen atoms in total. The minimum absolute atomic E-state index is 0.0487. The smallest absolute Gasteiger partial charge is 0.372 e. The van der Waals surface area contributed by atoms with Crippen molar-refractivity contribution in [3.8, 4) is 0 Å². The average molecular weight is 410 g/mol. The number of hydrogen-bond acceptors (Lipinski definition) is 3. The Morgan fingerprint density at radius 3 is 2.48 bits per heavy atom. The van der Waals surface area contributed by atoms with Crippen molar-refractivity contribution in [3.63, 3.8) is 0 Å². The molecule has 0 aliphatic carbocycles. The molecule has 1 saturated heterocycles. The highest BCUT2D eigenvalue weighted by atomic mass is 19.4. The number of halogens is 4. The zero-order valence-electron chi connectivity index (χ0n) is 15.4. The Bertz CT molecular complexity index is 944. The van der Waals surface area contributed by atoms with Crippen LogP contribution in [0.1, 0.15) is 23.1 Å². The van der Waals surface area contributed by atoms with E-state index in [2.05, 4.69) is 5.32 Å². The summed E-state index contributed by atoms with van der Waals surface area (Å²) in [6.45, 7) is 1.30. The lowest BCUT2D eigenvalue weighted by Crippen LogP contribution is -2.52. The predicted molar refractivity (Wildman–Crippen MR) is 96.3 cm³/mol. The molecule has 2 aromatic rings. The zero-order valence-corrected chi connectivity index (χ0v) is 15.4. The molecule has 0 unspecified atom stereocenters. The number of nitrogens with zero attached hydrogens (tertiary/aromatic N) is 1. The monoisotopic (exact) mass is 410 g/mol. The molecule has 29 heavy (non-hydrogen) atoms. The summed E-state index contributed by atoms with van der Waals surface area (Å²) in [7, 11) is 0. The van der Waals surface area contributed by atoms with Gasteiger partial charge in [0.25, 0.3) is 11.8 Å². The molecule has 1 aliphatic heterocycles. The highest BCUT2D eigenvalue weighted by Crippen LogP contribution is 2.33. The second-order valence-corrected chi connectivity index (χ2v) is 6.84. The number of nitrogens with one attached hydrogen (secondary N) is 1. The van der Waals surface area contributed by atoms with Crippen molar-refractivity contribution in [3.05, 3.63) is 65.0 Å². The van der Waals surface area contributed by atoms with Crippen LogP contribution in [0.5, 0.6) is 0 Å². The number of benzene rings is 2. The molecular formula is C20H18F4N2O3. The quantitative estimate of drug-likeness (QED) is 0.602. The van der Waals surface area contributed by atoms with Gasteiger partial charge in [-0.25, -0.2) is 4.39 Å². The molecule has 2 aromatic carbocycles. The minimum atomic E-state index is -4.51. The lowest BCUT2D eigenvalue weighted by atomic mass is 10.0. The maximum atomic E-state index is 14.0. The van der Waals surface area contributed by atoms with Crippen molar-refractivity contribution in [2.75, 3.05) is 11.4 Å². The Kier molecular flexibility index (Phi) is 5.36. The van der Waals surface area contributed by atoms with Crippen molar-refractivity contribution >= 4 is 17.5 Å². The Labute approximate surface area is 163 Å². The first-order valence-corrected chi connectivity index (χ1v) is 8.78. The van der Waals surface area contributed by atoms with E-state index in [0.717, 1.165) is 29.2 Å². The maximum Gasteiger partial charge on any atom is 0.416 e. The van der Waals surface area contributed by atoms with Crippen molar-refractivity contribution < 1.29 is 32.3 Å². The van der Waals surface area contributed by atoms with Gasteiger partial charge in [0.2, 0.25) is 5.60 Å². The standard InChI is InChI=1S/C20H18F4N2O3/c1-12-3-2-4-13(16(12)21)11-25-17(27)19(29)9-10-26(18(19)28)15-7-5-14(6-8-15)20(22,23)24/h2-8,29H,9-11H2,1H3,(H,25,27)/t19-/m1/s1. The first kappa shape index (κ1) is 20.8. The van der Waals surface area contributed by atoms with Gasteiger partial charge >= 0.3 is 6.18 Å². The van der Waals surface area contributed by atoms with Gasteiger partial charge in [0.15, 0.2) is 0 Å². The molecule has 0 spiro atoms. The van der Waals surface area contributed by atoms with Gasteiger partial charge in [-0.15, -0.1) is 0 Å². The van der Waals surface area contributed by atoms with Crippen LogP contribution in [0.3, 0.4) is 0 Å². The van der Waals surface area contributed by atoms with E-state index in [1.54, 1.807) is 19.1 Å². The Hall–Kier alpha value is -2.94. The van der Waals surface area contributed by atoms with E-state index in [-0.39, 0.29) is 30.8 Å². The molecule has 3 rings (SSSR count). The lowest BCUT2D eigenvalue weighted by molar-refractivity contribution is -0.149. The Balaban J connectivity index is 1.71.